The summed E-state index contributed by atoms with van der Waals surface area (Å²) >= 11 is 0. The molecule has 0 atom stereocenters. The lowest BCUT2D eigenvalue weighted by molar-refractivity contribution is -0.362. The molecule has 36 heteroatoms. The summed E-state index contributed by atoms with van der Waals surface area (Å²) in [6.45, 7) is 28.2. The Morgan fingerprint density at radius 1 is 0.0972 bits per heavy atom. The molecule has 72 heavy (non-hydrogen) atoms. The molecule has 36 nitrogen and oxygen atoms in total. The summed E-state index contributed by atoms with van der Waals surface area (Å²) in [5, 5.41) is 161. The monoisotopic (exact) mass is 1140 g/mol. The summed E-state index contributed by atoms with van der Waals surface area (Å²) in [7, 11) is 0. The predicted octanol–water partition coefficient (Wildman–Crippen LogP) is -4.63. The fourth-order valence-electron chi connectivity index (χ4n) is 0. The van der Waals surface area contributed by atoms with Crippen LogP contribution >= 0.6 is 0 Å². The minimum absolute atomic E-state index is 0. The highest BCUT2D eigenvalue weighted by Crippen LogP contribution is 1.23. The van der Waals surface area contributed by atoms with Crippen molar-refractivity contribution in [2.45, 2.75) is 125 Å². The molecule has 0 bridgehead atoms. The summed E-state index contributed by atoms with van der Waals surface area (Å²) in [5.74, 6) is 0. The molecule has 0 aromatic rings. The molecule has 504 valence electrons. The Bertz CT molecular complexity index is 183. The SMILES string of the molecule is CC[O-].CC[O-].CC[O-].CC[O-].CC[O-].CC[O-].CC[O-].CC[O-].CC[O-].CC[O-].CC[O-].CC[O-].CC[O-].CC[O-].CC[O-].CC[O-].CC[O-].CC[O-].[NH4+].[NH4+].[NH4+].[NH4+].[NH4+].[NH4+].[NH4+].[NH4+].[NH4+].[NH4+].[NH4+].[NH4+].[NH4+].[NH4+].[NH4+].[NH4+].[NH4+].[NH4+]. The topological polar surface area (TPSA) is 1070 Å². The van der Waals surface area contributed by atoms with Crippen molar-refractivity contribution in [3.63, 3.8) is 0 Å². The molecule has 0 aromatic carbocycles. The quantitative estimate of drug-likeness (QED) is 0.108. The number of rotatable bonds is 0. The minimum Gasteiger partial charge on any atom is -0.855 e. The average Bonchev–Trinajstić information content (AvgIpc) is 3.04. The van der Waals surface area contributed by atoms with Gasteiger partial charge in [0.2, 0.25) is 0 Å². The van der Waals surface area contributed by atoms with Crippen molar-refractivity contribution >= 4 is 0 Å². The zero-order chi connectivity index (χ0) is 48.7. The Balaban J connectivity index is -0.00000000552. The van der Waals surface area contributed by atoms with Gasteiger partial charge in [0.25, 0.3) is 0 Å². The van der Waals surface area contributed by atoms with Gasteiger partial charge in [-0.05, 0) is 0 Å². The maximum atomic E-state index is 8.93. The summed E-state index contributed by atoms with van der Waals surface area (Å²) in [6, 6.07) is 0. The van der Waals surface area contributed by atoms with E-state index in [4.69, 9.17) is 91.9 Å². The highest BCUT2D eigenvalue weighted by Gasteiger charge is 1.21. The third-order valence-corrected chi connectivity index (χ3v) is 0. The summed E-state index contributed by atoms with van der Waals surface area (Å²) < 4.78 is 0. The molecule has 0 spiro atoms. The van der Waals surface area contributed by atoms with Crippen LogP contribution in [-0.4, -0.2) is 119 Å². The maximum Gasteiger partial charge on any atom is -0.0809 e. The largest absolute Gasteiger partial charge is 0.855 e. The summed E-state index contributed by atoms with van der Waals surface area (Å²) in [4.78, 5) is 0. The number of hydrogen-bond acceptors (Lipinski definition) is 18. The van der Waals surface area contributed by atoms with E-state index in [1.807, 2.05) is 0 Å². The van der Waals surface area contributed by atoms with E-state index in [0.29, 0.717) is 0 Å². The third-order valence-electron chi connectivity index (χ3n) is 0. The van der Waals surface area contributed by atoms with Gasteiger partial charge in [0.1, 0.15) is 0 Å². The molecule has 0 unspecified atom stereocenters. The zero-order valence-corrected chi connectivity index (χ0v) is 56.1. The molecule has 0 aliphatic carbocycles. The van der Waals surface area contributed by atoms with Gasteiger partial charge in [-0.1, -0.05) is 125 Å². The van der Waals surface area contributed by atoms with Crippen LogP contribution in [0.5, 0.6) is 0 Å². The lowest BCUT2D eigenvalue weighted by atomic mass is 10.9. The molecule has 0 aliphatic heterocycles. The van der Waals surface area contributed by atoms with Crippen LogP contribution in [0.1, 0.15) is 125 Å². The Morgan fingerprint density at radius 3 is 0.0972 bits per heavy atom. The van der Waals surface area contributed by atoms with E-state index in [-0.39, 0.29) is 230 Å². The first kappa shape index (κ1) is 286. The van der Waals surface area contributed by atoms with Crippen molar-refractivity contribution in [1.82, 2.24) is 111 Å². The van der Waals surface area contributed by atoms with Crippen molar-refractivity contribution in [3.8, 4) is 0 Å². The van der Waals surface area contributed by atoms with E-state index in [1.165, 1.54) is 0 Å². The van der Waals surface area contributed by atoms with Gasteiger partial charge in [-0.3, -0.25) is 0 Å². The van der Waals surface area contributed by atoms with Gasteiger partial charge in [0, 0.05) is 0 Å². The molecular formula is C36H162N18O18. The maximum absolute atomic E-state index is 8.93. The van der Waals surface area contributed by atoms with Gasteiger partial charge in [0.15, 0.2) is 0 Å². The van der Waals surface area contributed by atoms with E-state index in [1.54, 1.807) is 125 Å². The van der Waals surface area contributed by atoms with E-state index >= 15 is 0 Å². The second kappa shape index (κ2) is 1190. The highest BCUT2D eigenvalue weighted by atomic mass is 16.3. The lowest BCUT2D eigenvalue weighted by Crippen LogP contribution is -1.97. The molecule has 0 heterocycles. The zero-order valence-electron chi connectivity index (χ0n) is 56.1. The van der Waals surface area contributed by atoms with Crippen molar-refractivity contribution in [2.24, 2.45) is 0 Å². The highest BCUT2D eigenvalue weighted by molar-refractivity contribution is 3.84. The molecular weight excluding hydrogens is 973 g/mol. The first-order chi connectivity index (χ1) is 25.5. The Labute approximate surface area is 445 Å². The number of quaternary nitrogens is 18. The predicted molar refractivity (Wildman–Crippen MR) is 297 cm³/mol. The first-order valence-corrected chi connectivity index (χ1v) is 17.9. The van der Waals surface area contributed by atoms with E-state index in [9.17, 15) is 0 Å². The minimum atomic E-state index is 0. The van der Waals surface area contributed by atoms with Crippen molar-refractivity contribution in [2.75, 3.05) is 119 Å². The van der Waals surface area contributed by atoms with Crippen molar-refractivity contribution < 1.29 is 91.9 Å². The normalized spacial score (nSPS) is 4.50. The summed E-state index contributed by atoms with van der Waals surface area (Å²) in [5.41, 5.74) is 0. The van der Waals surface area contributed by atoms with Crippen LogP contribution in [0.3, 0.4) is 0 Å². The van der Waals surface area contributed by atoms with Crippen molar-refractivity contribution in [1.29, 1.82) is 0 Å². The fourth-order valence-corrected chi connectivity index (χ4v) is 0. The van der Waals surface area contributed by atoms with E-state index < -0.39 is 0 Å². The van der Waals surface area contributed by atoms with Crippen LogP contribution in [0, 0.1) is 0 Å². The molecule has 0 radical (unpaired) electrons. The molecule has 72 N–H and O–H groups in total. The van der Waals surface area contributed by atoms with Gasteiger partial charge in [-0.25, -0.2) is 0 Å². The van der Waals surface area contributed by atoms with Gasteiger partial charge in [-0.15, -0.1) is 119 Å². The van der Waals surface area contributed by atoms with Crippen LogP contribution in [0.15, 0.2) is 0 Å². The second-order valence-corrected chi connectivity index (χ2v) is 5.20. The van der Waals surface area contributed by atoms with Crippen LogP contribution in [0.2, 0.25) is 0 Å². The third kappa shape index (κ3) is 151000. The second-order valence-electron chi connectivity index (χ2n) is 5.20. The van der Waals surface area contributed by atoms with Crippen LogP contribution in [-0.2, 0) is 0 Å². The fraction of sp³-hybridized carbons (Fsp3) is 1.00. The Hall–Kier alpha value is -1.44. The summed E-state index contributed by atoms with van der Waals surface area (Å²) in [6.07, 6.45) is 0. The van der Waals surface area contributed by atoms with Crippen LogP contribution < -0.4 is 203 Å². The smallest absolute Gasteiger partial charge is 0.0809 e. The van der Waals surface area contributed by atoms with Gasteiger partial charge >= 0.3 is 0 Å². The van der Waals surface area contributed by atoms with Crippen LogP contribution in [0.25, 0.3) is 0 Å². The lowest BCUT2D eigenvalue weighted by Gasteiger charge is -1.79. The molecule has 0 fully saturated rings. The van der Waals surface area contributed by atoms with Crippen molar-refractivity contribution in [3.05, 3.63) is 0 Å². The number of hydrogen-bond donors (Lipinski definition) is 18. The van der Waals surface area contributed by atoms with Gasteiger partial charge in [0.05, 0.1) is 0 Å². The Kier molecular flexibility index (Phi) is 4730. The molecule has 0 aromatic heterocycles. The Morgan fingerprint density at radius 2 is 0.0972 bits per heavy atom. The molecule has 0 rings (SSSR count). The molecule has 0 saturated carbocycles. The van der Waals surface area contributed by atoms with Gasteiger partial charge < -0.3 is 203 Å². The van der Waals surface area contributed by atoms with E-state index in [2.05, 4.69) is 0 Å². The van der Waals surface area contributed by atoms with Crippen LogP contribution in [0.4, 0.5) is 0 Å². The first-order valence-electron chi connectivity index (χ1n) is 17.9. The molecule has 0 aliphatic rings. The molecule has 0 saturated heterocycles. The standard InChI is InChI=1S/18C2H5O.18H3N/c18*1-2-3;;;;;;;;;;;;;;;;;;/h18*2H2,1H3;18*1H3/q18*-1;;;;;;;;;;;;;;;;;;/p+18. The molecule has 0 amide bonds. The average molecular weight is 1140 g/mol. The van der Waals surface area contributed by atoms with E-state index in [0.717, 1.165) is 0 Å². The van der Waals surface area contributed by atoms with Gasteiger partial charge in [-0.2, -0.15) is 0 Å².